The zero-order valence-electron chi connectivity index (χ0n) is 12.2. The Morgan fingerprint density at radius 1 is 1.14 bits per heavy atom. The van der Waals surface area contributed by atoms with Crippen molar-refractivity contribution in [2.75, 3.05) is 11.1 Å². The molecule has 2 N–H and O–H groups in total. The Hall–Kier alpha value is -2.27. The highest BCUT2D eigenvalue weighted by atomic mass is 32.2. The molecule has 1 amide bonds. The van der Waals surface area contributed by atoms with Gasteiger partial charge in [0.2, 0.25) is 5.91 Å². The number of carbonyl (C=O) groups is 2. The van der Waals surface area contributed by atoms with Crippen molar-refractivity contribution in [1.29, 1.82) is 0 Å². The monoisotopic (exact) mass is 315 g/mol. The lowest BCUT2D eigenvalue weighted by Gasteiger charge is -2.06. The quantitative estimate of drug-likeness (QED) is 0.855. The van der Waals surface area contributed by atoms with E-state index in [0.29, 0.717) is 11.5 Å². The molecule has 0 unspecified atom stereocenters. The number of carboxylic acid groups (broad SMARTS) is 1. The molecule has 0 saturated carbocycles. The van der Waals surface area contributed by atoms with Crippen LogP contribution in [0.15, 0.2) is 48.5 Å². The summed E-state index contributed by atoms with van der Waals surface area (Å²) in [5, 5.41) is 11.7. The lowest BCUT2D eigenvalue weighted by atomic mass is 10.1. The Labute approximate surface area is 133 Å². The molecule has 2 rings (SSSR count). The molecule has 0 radical (unpaired) electrons. The van der Waals surface area contributed by atoms with Crippen molar-refractivity contribution in [3.63, 3.8) is 0 Å². The molecule has 4 nitrogen and oxygen atoms in total. The van der Waals surface area contributed by atoms with Gasteiger partial charge < -0.3 is 10.4 Å². The molecular formula is C17H17NO3S. The average Bonchev–Trinajstić information content (AvgIpc) is 2.47. The summed E-state index contributed by atoms with van der Waals surface area (Å²) >= 11 is 1.49. The molecule has 0 spiro atoms. The third kappa shape index (κ3) is 4.93. The van der Waals surface area contributed by atoms with E-state index >= 15 is 0 Å². The number of aromatic carboxylic acids is 1. The fraction of sp³-hybridized carbons (Fsp3) is 0.176. The van der Waals surface area contributed by atoms with Gasteiger partial charge in [0, 0.05) is 11.4 Å². The largest absolute Gasteiger partial charge is 0.478 e. The highest BCUT2D eigenvalue weighted by Gasteiger charge is 2.05. The maximum atomic E-state index is 11.8. The number of carboxylic acids is 1. The number of rotatable bonds is 6. The number of amides is 1. The van der Waals surface area contributed by atoms with E-state index in [2.05, 4.69) is 5.32 Å². The molecule has 0 aromatic heterocycles. The second-order valence-electron chi connectivity index (χ2n) is 4.91. The van der Waals surface area contributed by atoms with Gasteiger partial charge >= 0.3 is 5.97 Å². The molecule has 0 aliphatic heterocycles. The van der Waals surface area contributed by atoms with E-state index in [1.807, 2.05) is 31.2 Å². The topological polar surface area (TPSA) is 66.4 Å². The second kappa shape index (κ2) is 7.66. The molecule has 0 atom stereocenters. The summed E-state index contributed by atoms with van der Waals surface area (Å²) in [7, 11) is 0. The van der Waals surface area contributed by atoms with Gasteiger partial charge in [-0.05, 0) is 42.3 Å². The first kappa shape index (κ1) is 16.1. The standard InChI is InChI=1S/C17H17NO3S/c1-12-3-2-4-15(9-12)18-16(19)11-22-10-13-5-7-14(8-6-13)17(20)21/h2-9H,10-11H2,1H3,(H,18,19)(H,20,21). The minimum absolute atomic E-state index is 0.0437. The summed E-state index contributed by atoms with van der Waals surface area (Å²) in [6.07, 6.45) is 0. The van der Waals surface area contributed by atoms with Gasteiger partial charge in [-0.15, -0.1) is 11.8 Å². The molecule has 0 aliphatic carbocycles. The van der Waals surface area contributed by atoms with Gasteiger partial charge in [0.05, 0.1) is 11.3 Å². The maximum Gasteiger partial charge on any atom is 0.335 e. The summed E-state index contributed by atoms with van der Waals surface area (Å²) in [6, 6.07) is 14.4. The highest BCUT2D eigenvalue weighted by Crippen LogP contribution is 2.15. The van der Waals surface area contributed by atoms with Crippen LogP contribution in [-0.2, 0) is 10.5 Å². The number of anilines is 1. The predicted octanol–water partition coefficient (Wildman–Crippen LogP) is 3.57. The molecule has 22 heavy (non-hydrogen) atoms. The molecule has 0 bridgehead atoms. The number of aryl methyl sites for hydroxylation is 1. The van der Waals surface area contributed by atoms with Gasteiger partial charge in [0.25, 0.3) is 0 Å². The van der Waals surface area contributed by atoms with E-state index in [4.69, 9.17) is 5.11 Å². The van der Waals surface area contributed by atoms with Crippen molar-refractivity contribution in [3.8, 4) is 0 Å². The number of hydrogen-bond donors (Lipinski definition) is 2. The average molecular weight is 315 g/mol. The second-order valence-corrected chi connectivity index (χ2v) is 5.90. The smallest absolute Gasteiger partial charge is 0.335 e. The molecule has 114 valence electrons. The van der Waals surface area contributed by atoms with Crippen LogP contribution in [0.4, 0.5) is 5.69 Å². The van der Waals surface area contributed by atoms with Crippen molar-refractivity contribution in [2.45, 2.75) is 12.7 Å². The van der Waals surface area contributed by atoms with Crippen LogP contribution in [-0.4, -0.2) is 22.7 Å². The number of thioether (sulfide) groups is 1. The maximum absolute atomic E-state index is 11.8. The van der Waals surface area contributed by atoms with E-state index < -0.39 is 5.97 Å². The SMILES string of the molecule is Cc1cccc(NC(=O)CSCc2ccc(C(=O)O)cc2)c1. The Morgan fingerprint density at radius 3 is 2.50 bits per heavy atom. The third-order valence-corrected chi connectivity index (χ3v) is 4.01. The van der Waals surface area contributed by atoms with Gasteiger partial charge in [0.15, 0.2) is 0 Å². The van der Waals surface area contributed by atoms with Gasteiger partial charge in [-0.3, -0.25) is 4.79 Å². The molecule has 0 fully saturated rings. The van der Waals surface area contributed by atoms with Crippen LogP contribution in [0.25, 0.3) is 0 Å². The van der Waals surface area contributed by atoms with Crippen molar-refractivity contribution in [3.05, 3.63) is 65.2 Å². The van der Waals surface area contributed by atoms with E-state index in [9.17, 15) is 9.59 Å². The van der Waals surface area contributed by atoms with Crippen LogP contribution in [0.1, 0.15) is 21.5 Å². The molecule has 2 aromatic carbocycles. The Bertz CT molecular complexity index is 668. The fourth-order valence-electron chi connectivity index (χ4n) is 1.93. The summed E-state index contributed by atoms with van der Waals surface area (Å²) in [5.41, 5.74) is 3.17. The molecule has 0 saturated heterocycles. The first-order valence-electron chi connectivity index (χ1n) is 6.81. The lowest BCUT2D eigenvalue weighted by Crippen LogP contribution is -2.14. The first-order valence-corrected chi connectivity index (χ1v) is 7.96. The zero-order chi connectivity index (χ0) is 15.9. The van der Waals surface area contributed by atoms with Gasteiger partial charge in [-0.25, -0.2) is 4.79 Å². The minimum Gasteiger partial charge on any atom is -0.478 e. The van der Waals surface area contributed by atoms with Crippen molar-refractivity contribution in [2.24, 2.45) is 0 Å². The number of hydrogen-bond acceptors (Lipinski definition) is 3. The van der Waals surface area contributed by atoms with Crippen molar-refractivity contribution in [1.82, 2.24) is 0 Å². The molecule has 2 aromatic rings. The van der Waals surface area contributed by atoms with E-state index in [1.165, 1.54) is 11.8 Å². The summed E-state index contributed by atoms with van der Waals surface area (Å²) in [6.45, 7) is 1.98. The van der Waals surface area contributed by atoms with Gasteiger partial charge in [-0.2, -0.15) is 0 Å². The molecule has 0 heterocycles. The van der Waals surface area contributed by atoms with E-state index in [1.54, 1.807) is 24.3 Å². The summed E-state index contributed by atoms with van der Waals surface area (Å²) < 4.78 is 0. The normalized spacial score (nSPS) is 10.2. The Kier molecular flexibility index (Phi) is 5.61. The third-order valence-electron chi connectivity index (χ3n) is 3.00. The first-order chi connectivity index (χ1) is 10.5. The minimum atomic E-state index is -0.934. The van der Waals surface area contributed by atoms with Crippen LogP contribution in [0.5, 0.6) is 0 Å². The van der Waals surface area contributed by atoms with Gasteiger partial charge in [-0.1, -0.05) is 24.3 Å². The van der Waals surface area contributed by atoms with Crippen LogP contribution in [0.2, 0.25) is 0 Å². The molecular weight excluding hydrogens is 298 g/mol. The Morgan fingerprint density at radius 2 is 1.86 bits per heavy atom. The molecule has 5 heteroatoms. The summed E-state index contributed by atoms with van der Waals surface area (Å²) in [5.74, 6) is 0.0462. The van der Waals surface area contributed by atoms with Crippen molar-refractivity contribution < 1.29 is 14.7 Å². The van der Waals surface area contributed by atoms with Crippen LogP contribution in [0.3, 0.4) is 0 Å². The highest BCUT2D eigenvalue weighted by molar-refractivity contribution is 7.99. The predicted molar refractivity (Wildman–Crippen MR) is 89.4 cm³/mol. The van der Waals surface area contributed by atoms with Crippen LogP contribution >= 0.6 is 11.8 Å². The van der Waals surface area contributed by atoms with E-state index in [-0.39, 0.29) is 11.5 Å². The van der Waals surface area contributed by atoms with Gasteiger partial charge in [0.1, 0.15) is 0 Å². The van der Waals surface area contributed by atoms with Crippen LogP contribution in [0, 0.1) is 6.92 Å². The Balaban J connectivity index is 1.78. The number of nitrogens with one attached hydrogen (secondary N) is 1. The zero-order valence-corrected chi connectivity index (χ0v) is 13.0. The molecule has 0 aliphatic rings. The number of benzene rings is 2. The fourth-order valence-corrected chi connectivity index (χ4v) is 2.71. The van der Waals surface area contributed by atoms with E-state index in [0.717, 1.165) is 16.8 Å². The lowest BCUT2D eigenvalue weighted by molar-refractivity contribution is -0.113. The van der Waals surface area contributed by atoms with Crippen LogP contribution < -0.4 is 5.32 Å². The van der Waals surface area contributed by atoms with Crippen molar-refractivity contribution >= 4 is 29.3 Å². The summed E-state index contributed by atoms with van der Waals surface area (Å²) in [4.78, 5) is 22.6. The number of carbonyl (C=O) groups excluding carboxylic acids is 1.